The standard InChI is InChI=1S/C13H13NOS/c1-9-7-8-11(16-9)13(15)12(14)10-5-3-2-4-6-10/h2-8,12H,14H2,1H3/t12-/m1/s1. The summed E-state index contributed by atoms with van der Waals surface area (Å²) in [4.78, 5) is 13.9. The van der Waals surface area contributed by atoms with E-state index in [9.17, 15) is 4.79 Å². The van der Waals surface area contributed by atoms with Crippen LogP contribution in [0, 0.1) is 6.92 Å². The fourth-order valence-electron chi connectivity index (χ4n) is 1.53. The lowest BCUT2D eigenvalue weighted by Crippen LogP contribution is -2.20. The Kier molecular flexibility index (Phi) is 3.17. The van der Waals surface area contributed by atoms with Crippen LogP contribution in [0.1, 0.15) is 26.2 Å². The largest absolute Gasteiger partial charge is 0.317 e. The minimum Gasteiger partial charge on any atom is -0.317 e. The van der Waals surface area contributed by atoms with Gasteiger partial charge in [0.05, 0.1) is 10.9 Å². The van der Waals surface area contributed by atoms with Crippen LogP contribution in [0.2, 0.25) is 0 Å². The molecule has 0 saturated heterocycles. The number of aryl methyl sites for hydroxylation is 1. The number of benzene rings is 1. The first-order valence-electron chi connectivity index (χ1n) is 5.09. The molecule has 0 spiro atoms. The smallest absolute Gasteiger partial charge is 0.193 e. The van der Waals surface area contributed by atoms with Gasteiger partial charge in [0.25, 0.3) is 0 Å². The number of thiophene rings is 1. The second-order valence-electron chi connectivity index (χ2n) is 3.66. The number of nitrogens with two attached hydrogens (primary N) is 1. The number of carbonyl (C=O) groups is 1. The van der Waals surface area contributed by atoms with E-state index in [-0.39, 0.29) is 5.78 Å². The summed E-state index contributed by atoms with van der Waals surface area (Å²) in [5, 5.41) is 0. The summed E-state index contributed by atoms with van der Waals surface area (Å²) in [5.41, 5.74) is 6.80. The van der Waals surface area contributed by atoms with Crippen LogP contribution in [0.15, 0.2) is 42.5 Å². The van der Waals surface area contributed by atoms with Gasteiger partial charge in [-0.05, 0) is 24.6 Å². The van der Waals surface area contributed by atoms with Crippen molar-refractivity contribution in [3.63, 3.8) is 0 Å². The summed E-state index contributed by atoms with van der Waals surface area (Å²) in [5.74, 6) is -0.00991. The topological polar surface area (TPSA) is 43.1 Å². The van der Waals surface area contributed by atoms with Crippen LogP contribution in [-0.2, 0) is 0 Å². The van der Waals surface area contributed by atoms with E-state index in [0.29, 0.717) is 0 Å². The predicted octanol–water partition coefficient (Wildman–Crippen LogP) is 2.94. The lowest BCUT2D eigenvalue weighted by atomic mass is 10.0. The van der Waals surface area contributed by atoms with Crippen molar-refractivity contribution >= 4 is 17.1 Å². The van der Waals surface area contributed by atoms with Crippen molar-refractivity contribution in [1.82, 2.24) is 0 Å². The molecule has 0 unspecified atom stereocenters. The van der Waals surface area contributed by atoms with Crippen LogP contribution in [0.5, 0.6) is 0 Å². The first-order valence-corrected chi connectivity index (χ1v) is 5.91. The summed E-state index contributed by atoms with van der Waals surface area (Å²) < 4.78 is 0. The molecule has 82 valence electrons. The zero-order chi connectivity index (χ0) is 11.5. The van der Waals surface area contributed by atoms with Crippen molar-refractivity contribution in [2.24, 2.45) is 5.73 Å². The molecule has 1 heterocycles. The van der Waals surface area contributed by atoms with E-state index in [0.717, 1.165) is 15.3 Å². The molecule has 0 fully saturated rings. The van der Waals surface area contributed by atoms with Gasteiger partial charge in [0.2, 0.25) is 0 Å². The lowest BCUT2D eigenvalue weighted by Gasteiger charge is -2.08. The maximum Gasteiger partial charge on any atom is 0.193 e. The van der Waals surface area contributed by atoms with Crippen molar-refractivity contribution in [3.8, 4) is 0 Å². The molecule has 0 bridgehead atoms. The maximum atomic E-state index is 12.0. The van der Waals surface area contributed by atoms with Gasteiger partial charge in [-0.2, -0.15) is 0 Å². The lowest BCUT2D eigenvalue weighted by molar-refractivity contribution is 0.0965. The Morgan fingerprint density at radius 2 is 1.88 bits per heavy atom. The van der Waals surface area contributed by atoms with E-state index >= 15 is 0 Å². The van der Waals surface area contributed by atoms with Gasteiger partial charge in [-0.3, -0.25) is 4.79 Å². The van der Waals surface area contributed by atoms with Gasteiger partial charge < -0.3 is 5.73 Å². The van der Waals surface area contributed by atoms with Gasteiger partial charge in [0, 0.05) is 4.88 Å². The molecular formula is C13H13NOS. The Labute approximate surface area is 98.7 Å². The molecule has 1 aromatic heterocycles. The van der Waals surface area contributed by atoms with Crippen molar-refractivity contribution in [2.75, 3.05) is 0 Å². The molecule has 0 aliphatic heterocycles. The van der Waals surface area contributed by atoms with Crippen molar-refractivity contribution < 1.29 is 4.79 Å². The van der Waals surface area contributed by atoms with Crippen molar-refractivity contribution in [1.29, 1.82) is 0 Å². The summed E-state index contributed by atoms with van der Waals surface area (Å²) in [6.45, 7) is 1.98. The zero-order valence-electron chi connectivity index (χ0n) is 9.01. The number of rotatable bonds is 3. The van der Waals surface area contributed by atoms with E-state index in [1.54, 1.807) is 0 Å². The molecule has 0 radical (unpaired) electrons. The highest BCUT2D eigenvalue weighted by Crippen LogP contribution is 2.21. The van der Waals surface area contributed by atoms with Gasteiger partial charge in [-0.25, -0.2) is 0 Å². The molecule has 0 amide bonds. The number of Topliss-reactive ketones (excluding diaryl/α,β-unsaturated/α-hetero) is 1. The third-order valence-electron chi connectivity index (χ3n) is 2.42. The van der Waals surface area contributed by atoms with E-state index < -0.39 is 6.04 Å². The molecule has 2 rings (SSSR count). The van der Waals surface area contributed by atoms with E-state index in [1.807, 2.05) is 49.4 Å². The minimum absolute atomic E-state index is 0.00991. The quantitative estimate of drug-likeness (QED) is 0.825. The first-order chi connectivity index (χ1) is 7.68. The number of hydrogen-bond acceptors (Lipinski definition) is 3. The van der Waals surface area contributed by atoms with Gasteiger partial charge in [0.1, 0.15) is 0 Å². The highest BCUT2D eigenvalue weighted by molar-refractivity contribution is 7.14. The molecule has 2 N–H and O–H groups in total. The molecule has 3 heteroatoms. The Morgan fingerprint density at radius 1 is 1.19 bits per heavy atom. The Bertz CT molecular complexity index is 490. The molecule has 0 aliphatic rings. The fourth-order valence-corrected chi connectivity index (χ4v) is 2.38. The highest BCUT2D eigenvalue weighted by Gasteiger charge is 2.18. The summed E-state index contributed by atoms with van der Waals surface area (Å²) >= 11 is 1.49. The normalized spacial score (nSPS) is 12.4. The number of hydrogen-bond donors (Lipinski definition) is 1. The highest BCUT2D eigenvalue weighted by atomic mass is 32.1. The maximum absolute atomic E-state index is 12.0. The average Bonchev–Trinajstić information content (AvgIpc) is 2.75. The minimum atomic E-state index is -0.556. The van der Waals surface area contributed by atoms with Crippen LogP contribution in [0.3, 0.4) is 0 Å². The van der Waals surface area contributed by atoms with Gasteiger partial charge in [-0.15, -0.1) is 11.3 Å². The van der Waals surface area contributed by atoms with Crippen molar-refractivity contribution in [3.05, 3.63) is 57.8 Å². The van der Waals surface area contributed by atoms with Gasteiger partial charge in [-0.1, -0.05) is 30.3 Å². The van der Waals surface area contributed by atoms with Crippen LogP contribution in [0.4, 0.5) is 0 Å². The molecular weight excluding hydrogens is 218 g/mol. The molecule has 0 aliphatic carbocycles. The second-order valence-corrected chi connectivity index (χ2v) is 4.95. The monoisotopic (exact) mass is 231 g/mol. The third-order valence-corrected chi connectivity index (χ3v) is 3.44. The average molecular weight is 231 g/mol. The molecule has 0 saturated carbocycles. The number of ketones is 1. The first kappa shape index (κ1) is 11.0. The Hall–Kier alpha value is -1.45. The van der Waals surface area contributed by atoms with Gasteiger partial charge >= 0.3 is 0 Å². The zero-order valence-corrected chi connectivity index (χ0v) is 9.83. The Balaban J connectivity index is 2.23. The SMILES string of the molecule is Cc1ccc(C(=O)[C@H](N)c2ccccc2)s1. The number of carbonyl (C=O) groups excluding carboxylic acids is 1. The van der Waals surface area contributed by atoms with E-state index in [2.05, 4.69) is 0 Å². The van der Waals surface area contributed by atoms with Crippen LogP contribution in [0.25, 0.3) is 0 Å². The van der Waals surface area contributed by atoms with Crippen molar-refractivity contribution in [2.45, 2.75) is 13.0 Å². The van der Waals surface area contributed by atoms with Crippen LogP contribution < -0.4 is 5.73 Å². The van der Waals surface area contributed by atoms with Crippen LogP contribution in [-0.4, -0.2) is 5.78 Å². The van der Waals surface area contributed by atoms with E-state index in [1.165, 1.54) is 11.3 Å². The van der Waals surface area contributed by atoms with Gasteiger partial charge in [0.15, 0.2) is 5.78 Å². The molecule has 2 nitrogen and oxygen atoms in total. The summed E-state index contributed by atoms with van der Waals surface area (Å²) in [7, 11) is 0. The third kappa shape index (κ3) is 2.21. The fraction of sp³-hybridized carbons (Fsp3) is 0.154. The van der Waals surface area contributed by atoms with Crippen LogP contribution >= 0.6 is 11.3 Å². The molecule has 1 aromatic carbocycles. The summed E-state index contributed by atoms with van der Waals surface area (Å²) in [6.07, 6.45) is 0. The second kappa shape index (κ2) is 4.60. The summed E-state index contributed by atoms with van der Waals surface area (Å²) in [6, 6.07) is 12.7. The Morgan fingerprint density at radius 3 is 2.44 bits per heavy atom. The van der Waals surface area contributed by atoms with E-state index in [4.69, 9.17) is 5.73 Å². The molecule has 2 aromatic rings. The molecule has 16 heavy (non-hydrogen) atoms. The predicted molar refractivity (Wildman–Crippen MR) is 66.8 cm³/mol. The molecule has 1 atom stereocenters.